The summed E-state index contributed by atoms with van der Waals surface area (Å²) in [6, 6.07) is 9.96. The number of hydrogen-bond donors (Lipinski definition) is 1. The van der Waals surface area contributed by atoms with Crippen molar-refractivity contribution in [1.29, 1.82) is 0 Å². The monoisotopic (exact) mass is 432 g/mol. The van der Waals surface area contributed by atoms with E-state index in [2.05, 4.69) is 52.8 Å². The molecule has 0 aliphatic rings. The van der Waals surface area contributed by atoms with Gasteiger partial charge in [-0.1, -0.05) is 31.9 Å². The zero-order chi connectivity index (χ0) is 13.1. The average molecular weight is 435 g/mol. The molecule has 2 N–H and O–H groups in total. The number of halogens is 3. The molecule has 0 amide bonds. The number of nitrogens with zero attached hydrogens (tertiary/aromatic N) is 1. The number of aromatic nitrogens is 1. The van der Waals surface area contributed by atoms with Crippen LogP contribution in [0.15, 0.2) is 49.9 Å². The summed E-state index contributed by atoms with van der Waals surface area (Å²) in [6.45, 7) is 0. The molecule has 2 aromatic rings. The first-order valence-corrected chi connectivity index (χ1v) is 7.74. The third kappa shape index (κ3) is 3.88. The first-order chi connectivity index (χ1) is 8.54. The van der Waals surface area contributed by atoms with E-state index in [0.29, 0.717) is 0 Å². The number of benzene rings is 1. The summed E-state index contributed by atoms with van der Waals surface area (Å²) < 4.78 is 3.02. The second-order valence-electron chi connectivity index (χ2n) is 3.98. The molecule has 94 valence electrons. The SMILES string of the molecule is NC(Cc1ccc(Br)cn1)c1cc(Br)cc(Br)c1. The van der Waals surface area contributed by atoms with Crippen LogP contribution in [0.3, 0.4) is 0 Å². The number of pyridine rings is 1. The molecular weight excluding hydrogens is 424 g/mol. The summed E-state index contributed by atoms with van der Waals surface area (Å²) in [7, 11) is 0. The van der Waals surface area contributed by atoms with Crippen LogP contribution in [0.5, 0.6) is 0 Å². The highest BCUT2D eigenvalue weighted by Crippen LogP contribution is 2.25. The van der Waals surface area contributed by atoms with Gasteiger partial charge in [0.1, 0.15) is 0 Å². The molecule has 0 spiro atoms. The van der Waals surface area contributed by atoms with Crippen LogP contribution in [0.25, 0.3) is 0 Å². The highest BCUT2D eigenvalue weighted by atomic mass is 79.9. The molecule has 1 unspecified atom stereocenters. The van der Waals surface area contributed by atoms with E-state index in [9.17, 15) is 0 Å². The minimum Gasteiger partial charge on any atom is -0.324 e. The molecule has 0 fully saturated rings. The Morgan fingerprint density at radius 1 is 1.00 bits per heavy atom. The fourth-order valence-corrected chi connectivity index (χ4v) is 3.22. The largest absolute Gasteiger partial charge is 0.324 e. The molecule has 5 heteroatoms. The zero-order valence-corrected chi connectivity index (χ0v) is 14.2. The summed E-state index contributed by atoms with van der Waals surface area (Å²) >= 11 is 10.3. The Balaban J connectivity index is 2.16. The van der Waals surface area contributed by atoms with E-state index in [-0.39, 0.29) is 6.04 Å². The van der Waals surface area contributed by atoms with Crippen LogP contribution >= 0.6 is 47.8 Å². The molecule has 0 bridgehead atoms. The Bertz CT molecular complexity index is 520. The van der Waals surface area contributed by atoms with Gasteiger partial charge in [-0.15, -0.1) is 0 Å². The Morgan fingerprint density at radius 2 is 1.67 bits per heavy atom. The maximum Gasteiger partial charge on any atom is 0.0423 e. The number of rotatable bonds is 3. The fourth-order valence-electron chi connectivity index (χ4n) is 1.66. The molecule has 1 aromatic heterocycles. The second kappa shape index (κ2) is 6.28. The van der Waals surface area contributed by atoms with Crippen LogP contribution in [0.1, 0.15) is 17.3 Å². The van der Waals surface area contributed by atoms with Crippen molar-refractivity contribution in [1.82, 2.24) is 4.98 Å². The summed E-state index contributed by atoms with van der Waals surface area (Å²) in [5.41, 5.74) is 8.28. The molecular formula is C13H11Br3N2. The molecule has 0 saturated heterocycles. The van der Waals surface area contributed by atoms with Gasteiger partial charge in [0.15, 0.2) is 0 Å². The van der Waals surface area contributed by atoms with Crippen LogP contribution in [0.4, 0.5) is 0 Å². The molecule has 0 radical (unpaired) electrons. The third-order valence-corrected chi connectivity index (χ3v) is 3.92. The Labute approximate surface area is 131 Å². The van der Waals surface area contributed by atoms with Gasteiger partial charge in [-0.2, -0.15) is 0 Å². The maximum absolute atomic E-state index is 6.21. The predicted molar refractivity (Wildman–Crippen MR) is 84.4 cm³/mol. The van der Waals surface area contributed by atoms with Crippen molar-refractivity contribution >= 4 is 47.8 Å². The van der Waals surface area contributed by atoms with Crippen LogP contribution in [0, 0.1) is 0 Å². The lowest BCUT2D eigenvalue weighted by Crippen LogP contribution is -2.14. The predicted octanol–water partition coefficient (Wildman–Crippen LogP) is 4.61. The van der Waals surface area contributed by atoms with Crippen LogP contribution in [-0.4, -0.2) is 4.98 Å². The van der Waals surface area contributed by atoms with Gasteiger partial charge in [0.25, 0.3) is 0 Å². The van der Waals surface area contributed by atoms with E-state index in [4.69, 9.17) is 5.73 Å². The van der Waals surface area contributed by atoms with Crippen LogP contribution in [-0.2, 0) is 6.42 Å². The average Bonchev–Trinajstić information content (AvgIpc) is 2.31. The summed E-state index contributed by atoms with van der Waals surface area (Å²) in [6.07, 6.45) is 2.51. The van der Waals surface area contributed by atoms with Crippen LogP contribution < -0.4 is 5.73 Å². The third-order valence-electron chi connectivity index (χ3n) is 2.53. The lowest BCUT2D eigenvalue weighted by Gasteiger charge is -2.12. The molecule has 0 saturated carbocycles. The van der Waals surface area contributed by atoms with Crippen molar-refractivity contribution in [3.63, 3.8) is 0 Å². The molecule has 1 atom stereocenters. The smallest absolute Gasteiger partial charge is 0.0423 e. The van der Waals surface area contributed by atoms with Gasteiger partial charge in [0.2, 0.25) is 0 Å². The lowest BCUT2D eigenvalue weighted by molar-refractivity contribution is 0.705. The highest BCUT2D eigenvalue weighted by Gasteiger charge is 2.09. The van der Waals surface area contributed by atoms with Gasteiger partial charge in [0, 0.05) is 37.8 Å². The maximum atomic E-state index is 6.21. The minimum absolute atomic E-state index is 0.0625. The summed E-state index contributed by atoms with van der Waals surface area (Å²) in [5, 5.41) is 0. The van der Waals surface area contributed by atoms with Gasteiger partial charge in [0.05, 0.1) is 0 Å². The van der Waals surface area contributed by atoms with Crippen molar-refractivity contribution in [2.45, 2.75) is 12.5 Å². The van der Waals surface area contributed by atoms with Crippen molar-refractivity contribution in [3.8, 4) is 0 Å². The van der Waals surface area contributed by atoms with Crippen molar-refractivity contribution < 1.29 is 0 Å². The molecule has 1 aromatic carbocycles. The lowest BCUT2D eigenvalue weighted by atomic mass is 10.0. The second-order valence-corrected chi connectivity index (χ2v) is 6.73. The number of hydrogen-bond acceptors (Lipinski definition) is 2. The highest BCUT2D eigenvalue weighted by molar-refractivity contribution is 9.11. The van der Waals surface area contributed by atoms with Crippen LogP contribution in [0.2, 0.25) is 0 Å². The summed E-state index contributed by atoms with van der Waals surface area (Å²) in [5.74, 6) is 0. The first kappa shape index (κ1) is 14.2. The Hall–Kier alpha value is -0.230. The van der Waals surface area contributed by atoms with Gasteiger partial charge >= 0.3 is 0 Å². The van der Waals surface area contributed by atoms with E-state index in [1.165, 1.54) is 0 Å². The quantitative estimate of drug-likeness (QED) is 0.766. The molecule has 1 heterocycles. The van der Waals surface area contributed by atoms with Gasteiger partial charge in [-0.25, -0.2) is 0 Å². The topological polar surface area (TPSA) is 38.9 Å². The van der Waals surface area contributed by atoms with Crippen molar-refractivity contribution in [2.24, 2.45) is 5.73 Å². The Morgan fingerprint density at radius 3 is 2.22 bits per heavy atom. The van der Waals surface area contributed by atoms with Gasteiger partial charge in [-0.05, 0) is 51.8 Å². The minimum atomic E-state index is -0.0625. The van der Waals surface area contributed by atoms with E-state index < -0.39 is 0 Å². The number of nitrogens with two attached hydrogens (primary N) is 1. The van der Waals surface area contributed by atoms with E-state index in [1.807, 2.05) is 30.3 Å². The molecule has 18 heavy (non-hydrogen) atoms. The molecule has 2 nitrogen and oxygen atoms in total. The normalized spacial score (nSPS) is 12.4. The molecule has 0 aliphatic heterocycles. The van der Waals surface area contributed by atoms with Crippen molar-refractivity contribution in [3.05, 3.63) is 61.2 Å². The first-order valence-electron chi connectivity index (χ1n) is 5.36. The summed E-state index contributed by atoms with van der Waals surface area (Å²) in [4.78, 5) is 4.34. The molecule has 2 rings (SSSR count). The van der Waals surface area contributed by atoms with Gasteiger partial charge in [-0.3, -0.25) is 4.98 Å². The molecule has 0 aliphatic carbocycles. The zero-order valence-electron chi connectivity index (χ0n) is 9.41. The van der Waals surface area contributed by atoms with Crippen molar-refractivity contribution in [2.75, 3.05) is 0 Å². The van der Waals surface area contributed by atoms with E-state index in [1.54, 1.807) is 6.20 Å². The fraction of sp³-hybridized carbons (Fsp3) is 0.154. The van der Waals surface area contributed by atoms with Gasteiger partial charge < -0.3 is 5.73 Å². The van der Waals surface area contributed by atoms with E-state index >= 15 is 0 Å². The standard InChI is InChI=1S/C13H11Br3N2/c14-9-1-2-12(18-7-9)6-13(17)8-3-10(15)5-11(16)4-8/h1-5,7,13H,6,17H2. The Kier molecular flexibility index (Phi) is 4.95. The van der Waals surface area contributed by atoms with E-state index in [0.717, 1.165) is 31.1 Å².